The van der Waals surface area contributed by atoms with Gasteiger partial charge in [0.2, 0.25) is 0 Å². The molecular formula is C15H26IN3O2. The zero-order valence-electron chi connectivity index (χ0n) is 13.0. The Balaban J connectivity index is 0.00000400. The van der Waals surface area contributed by atoms with E-state index in [-0.39, 0.29) is 30.1 Å². The topological polar surface area (TPSA) is 54.9 Å². The van der Waals surface area contributed by atoms with E-state index in [2.05, 4.69) is 15.6 Å². The van der Waals surface area contributed by atoms with Gasteiger partial charge in [0.25, 0.3) is 0 Å². The van der Waals surface area contributed by atoms with Crippen LogP contribution < -0.4 is 15.4 Å². The third-order valence-corrected chi connectivity index (χ3v) is 2.60. The first-order valence-electron chi connectivity index (χ1n) is 7.00. The molecule has 1 rings (SSSR count). The smallest absolute Gasteiger partial charge is 0.191 e. The van der Waals surface area contributed by atoms with Gasteiger partial charge in [-0.15, -0.1) is 24.0 Å². The monoisotopic (exact) mass is 407 g/mol. The molecule has 0 bridgehead atoms. The van der Waals surface area contributed by atoms with Crippen LogP contribution in [0.1, 0.15) is 13.8 Å². The minimum Gasteiger partial charge on any atom is -0.489 e. The van der Waals surface area contributed by atoms with Gasteiger partial charge in [-0.3, -0.25) is 4.99 Å². The third kappa shape index (κ3) is 9.52. The summed E-state index contributed by atoms with van der Waals surface area (Å²) in [7, 11) is 1.75. The predicted octanol–water partition coefficient (Wildman–Crippen LogP) is 2.27. The SMILES string of the molecule is CCOCCNC(=NC)NCC(C)Oc1ccccc1.I. The van der Waals surface area contributed by atoms with Crippen LogP contribution in [0.25, 0.3) is 0 Å². The van der Waals surface area contributed by atoms with E-state index in [1.54, 1.807) is 7.05 Å². The quantitative estimate of drug-likeness (QED) is 0.301. The molecule has 0 amide bonds. The number of hydrogen-bond donors (Lipinski definition) is 2. The average Bonchev–Trinajstić information content (AvgIpc) is 2.47. The number of halogens is 1. The Kier molecular flexibility index (Phi) is 12.1. The van der Waals surface area contributed by atoms with Gasteiger partial charge in [0.15, 0.2) is 5.96 Å². The minimum absolute atomic E-state index is 0. The van der Waals surface area contributed by atoms with Crippen LogP contribution in [0.3, 0.4) is 0 Å². The lowest BCUT2D eigenvalue weighted by molar-refractivity contribution is 0.152. The van der Waals surface area contributed by atoms with E-state index in [0.29, 0.717) is 13.2 Å². The molecule has 0 aliphatic heterocycles. The van der Waals surface area contributed by atoms with Gasteiger partial charge < -0.3 is 20.1 Å². The molecule has 0 aromatic heterocycles. The molecule has 0 saturated carbocycles. The van der Waals surface area contributed by atoms with E-state index in [0.717, 1.165) is 24.9 Å². The Hall–Kier alpha value is -1.02. The van der Waals surface area contributed by atoms with Crippen molar-refractivity contribution in [3.8, 4) is 5.75 Å². The molecule has 0 heterocycles. The van der Waals surface area contributed by atoms with Crippen LogP contribution >= 0.6 is 24.0 Å². The second-order valence-electron chi connectivity index (χ2n) is 4.32. The van der Waals surface area contributed by atoms with Gasteiger partial charge in [-0.05, 0) is 26.0 Å². The molecule has 1 aromatic rings. The number of nitrogens with zero attached hydrogens (tertiary/aromatic N) is 1. The molecule has 1 unspecified atom stereocenters. The maximum absolute atomic E-state index is 5.78. The maximum Gasteiger partial charge on any atom is 0.191 e. The highest BCUT2D eigenvalue weighted by atomic mass is 127. The van der Waals surface area contributed by atoms with Crippen LogP contribution in [0.4, 0.5) is 0 Å². The van der Waals surface area contributed by atoms with Gasteiger partial charge in [-0.25, -0.2) is 0 Å². The molecule has 0 aliphatic carbocycles. The number of aliphatic imine (C=N–C) groups is 1. The number of guanidine groups is 1. The standard InChI is InChI=1S/C15H25N3O2.HI/c1-4-19-11-10-17-15(16-3)18-12-13(2)20-14-8-6-5-7-9-14;/h5-9,13H,4,10-12H2,1-3H3,(H2,16,17,18);1H. The summed E-state index contributed by atoms with van der Waals surface area (Å²) in [6.07, 6.45) is 0.0582. The number of rotatable bonds is 8. The Morgan fingerprint density at radius 1 is 1.24 bits per heavy atom. The second-order valence-corrected chi connectivity index (χ2v) is 4.32. The van der Waals surface area contributed by atoms with Gasteiger partial charge in [0, 0.05) is 20.2 Å². The summed E-state index contributed by atoms with van der Waals surface area (Å²) < 4.78 is 11.0. The fraction of sp³-hybridized carbons (Fsp3) is 0.533. The fourth-order valence-corrected chi connectivity index (χ4v) is 1.62. The Bertz CT molecular complexity index is 388. The first-order chi connectivity index (χ1) is 9.76. The van der Waals surface area contributed by atoms with Gasteiger partial charge in [-0.2, -0.15) is 0 Å². The van der Waals surface area contributed by atoms with Crippen molar-refractivity contribution in [3.05, 3.63) is 30.3 Å². The van der Waals surface area contributed by atoms with E-state index in [1.807, 2.05) is 44.2 Å². The van der Waals surface area contributed by atoms with Crippen molar-refractivity contribution in [2.75, 3.05) is 33.4 Å². The van der Waals surface area contributed by atoms with Crippen molar-refractivity contribution in [1.82, 2.24) is 10.6 Å². The molecule has 0 radical (unpaired) electrons. The lowest BCUT2D eigenvalue weighted by Crippen LogP contribution is -2.42. The number of nitrogens with one attached hydrogen (secondary N) is 2. The van der Waals surface area contributed by atoms with Crippen molar-refractivity contribution < 1.29 is 9.47 Å². The molecule has 1 atom stereocenters. The molecule has 21 heavy (non-hydrogen) atoms. The summed E-state index contributed by atoms with van der Waals surface area (Å²) in [5, 5.41) is 6.41. The largest absolute Gasteiger partial charge is 0.489 e. The average molecular weight is 407 g/mol. The molecule has 0 saturated heterocycles. The molecule has 5 nitrogen and oxygen atoms in total. The molecule has 6 heteroatoms. The summed E-state index contributed by atoms with van der Waals surface area (Å²) in [5.41, 5.74) is 0. The number of para-hydroxylation sites is 1. The number of benzene rings is 1. The Morgan fingerprint density at radius 2 is 1.95 bits per heavy atom. The molecule has 1 aromatic carbocycles. The van der Waals surface area contributed by atoms with E-state index >= 15 is 0 Å². The summed E-state index contributed by atoms with van der Waals surface area (Å²) in [4.78, 5) is 4.15. The van der Waals surface area contributed by atoms with Crippen molar-refractivity contribution in [1.29, 1.82) is 0 Å². The molecule has 2 N–H and O–H groups in total. The van der Waals surface area contributed by atoms with Crippen molar-refractivity contribution in [2.24, 2.45) is 4.99 Å². The normalized spacial score (nSPS) is 12.2. The highest BCUT2D eigenvalue weighted by Crippen LogP contribution is 2.10. The summed E-state index contributed by atoms with van der Waals surface area (Å²) in [6.45, 7) is 6.83. The first kappa shape index (κ1) is 20.0. The summed E-state index contributed by atoms with van der Waals surface area (Å²) in [6, 6.07) is 9.80. The predicted molar refractivity (Wildman–Crippen MR) is 97.8 cm³/mol. The third-order valence-electron chi connectivity index (χ3n) is 2.60. The van der Waals surface area contributed by atoms with E-state index in [1.165, 1.54) is 0 Å². The Morgan fingerprint density at radius 3 is 2.57 bits per heavy atom. The van der Waals surface area contributed by atoms with Gasteiger partial charge in [-0.1, -0.05) is 18.2 Å². The van der Waals surface area contributed by atoms with Crippen LogP contribution in [-0.2, 0) is 4.74 Å². The van der Waals surface area contributed by atoms with Crippen molar-refractivity contribution in [3.63, 3.8) is 0 Å². The van der Waals surface area contributed by atoms with E-state index < -0.39 is 0 Å². The number of ether oxygens (including phenoxy) is 2. The summed E-state index contributed by atoms with van der Waals surface area (Å²) >= 11 is 0. The van der Waals surface area contributed by atoms with Crippen molar-refractivity contribution in [2.45, 2.75) is 20.0 Å². The van der Waals surface area contributed by atoms with Crippen molar-refractivity contribution >= 4 is 29.9 Å². The van der Waals surface area contributed by atoms with Crippen LogP contribution in [-0.4, -0.2) is 45.4 Å². The fourth-order valence-electron chi connectivity index (χ4n) is 1.62. The van der Waals surface area contributed by atoms with Crippen LogP contribution in [0.5, 0.6) is 5.75 Å². The molecule has 0 aliphatic rings. The molecular weight excluding hydrogens is 381 g/mol. The molecule has 0 fully saturated rings. The molecule has 120 valence electrons. The lowest BCUT2D eigenvalue weighted by Gasteiger charge is -2.17. The molecule has 0 spiro atoms. The Labute approximate surface area is 144 Å². The van der Waals surface area contributed by atoms with Crippen LogP contribution in [0, 0.1) is 0 Å². The van der Waals surface area contributed by atoms with E-state index in [9.17, 15) is 0 Å². The zero-order valence-corrected chi connectivity index (χ0v) is 15.3. The maximum atomic E-state index is 5.78. The first-order valence-corrected chi connectivity index (χ1v) is 7.00. The summed E-state index contributed by atoms with van der Waals surface area (Å²) in [5.74, 6) is 1.63. The van der Waals surface area contributed by atoms with Gasteiger partial charge in [0.05, 0.1) is 13.2 Å². The highest BCUT2D eigenvalue weighted by molar-refractivity contribution is 14.0. The minimum atomic E-state index is 0. The van der Waals surface area contributed by atoms with E-state index in [4.69, 9.17) is 9.47 Å². The highest BCUT2D eigenvalue weighted by Gasteiger charge is 2.05. The van der Waals surface area contributed by atoms with Crippen LogP contribution in [0.15, 0.2) is 35.3 Å². The van der Waals surface area contributed by atoms with Crippen LogP contribution in [0.2, 0.25) is 0 Å². The lowest BCUT2D eigenvalue weighted by atomic mass is 10.3. The number of hydrogen-bond acceptors (Lipinski definition) is 3. The van der Waals surface area contributed by atoms with Gasteiger partial charge in [0.1, 0.15) is 11.9 Å². The zero-order chi connectivity index (χ0) is 14.6. The second kappa shape index (κ2) is 12.7. The van der Waals surface area contributed by atoms with Gasteiger partial charge >= 0.3 is 0 Å².